The number of amides is 2. The van der Waals surface area contributed by atoms with Crippen molar-refractivity contribution in [1.82, 2.24) is 10.9 Å². The van der Waals surface area contributed by atoms with E-state index >= 15 is 0 Å². The van der Waals surface area contributed by atoms with E-state index in [4.69, 9.17) is 4.74 Å². The average Bonchev–Trinajstić information content (AvgIpc) is 2.59. The van der Waals surface area contributed by atoms with Gasteiger partial charge in [-0.15, -0.1) is 0 Å². The lowest BCUT2D eigenvalue weighted by Gasteiger charge is -2.10. The van der Waals surface area contributed by atoms with Crippen LogP contribution in [0.1, 0.15) is 15.9 Å². The van der Waals surface area contributed by atoms with E-state index in [-0.39, 0.29) is 17.9 Å². The lowest BCUT2D eigenvalue weighted by molar-refractivity contribution is -0.384. The molecule has 24 heavy (non-hydrogen) atoms. The lowest BCUT2D eigenvalue weighted by Crippen LogP contribution is -2.43. The minimum atomic E-state index is -0.664. The SMILES string of the molecule is Cc1ccccc1OCC(=O)NNC(=O)c1cccc([N+](=O)[O-])c1. The molecule has 0 radical (unpaired) electrons. The Morgan fingerprint density at radius 3 is 2.58 bits per heavy atom. The summed E-state index contributed by atoms with van der Waals surface area (Å²) in [5.74, 6) is -0.655. The molecule has 0 saturated heterocycles. The highest BCUT2D eigenvalue weighted by atomic mass is 16.6. The van der Waals surface area contributed by atoms with E-state index in [0.29, 0.717) is 5.75 Å². The second-order valence-corrected chi connectivity index (χ2v) is 4.86. The van der Waals surface area contributed by atoms with Crippen molar-refractivity contribution in [1.29, 1.82) is 0 Å². The summed E-state index contributed by atoms with van der Waals surface area (Å²) in [6, 6.07) is 12.4. The van der Waals surface area contributed by atoms with Gasteiger partial charge in [0.25, 0.3) is 17.5 Å². The number of nitro groups is 1. The maximum atomic E-state index is 11.9. The molecule has 8 heteroatoms. The Morgan fingerprint density at radius 2 is 1.88 bits per heavy atom. The number of carbonyl (C=O) groups excluding carboxylic acids is 2. The van der Waals surface area contributed by atoms with Gasteiger partial charge in [0.05, 0.1) is 4.92 Å². The number of carbonyl (C=O) groups is 2. The third kappa shape index (κ3) is 4.54. The first kappa shape index (κ1) is 16.9. The predicted octanol–water partition coefficient (Wildman–Crippen LogP) is 1.74. The Hall–Kier alpha value is -3.42. The van der Waals surface area contributed by atoms with Crippen LogP contribution in [0.5, 0.6) is 5.75 Å². The van der Waals surface area contributed by atoms with Gasteiger partial charge in [0.2, 0.25) is 0 Å². The summed E-state index contributed by atoms with van der Waals surface area (Å²) in [5.41, 5.74) is 5.09. The molecule has 0 atom stereocenters. The summed E-state index contributed by atoms with van der Waals surface area (Å²) in [5, 5.41) is 10.7. The number of ether oxygens (including phenoxy) is 1. The molecule has 2 rings (SSSR count). The zero-order valence-corrected chi connectivity index (χ0v) is 12.8. The van der Waals surface area contributed by atoms with Gasteiger partial charge in [-0.25, -0.2) is 0 Å². The largest absolute Gasteiger partial charge is 0.483 e. The van der Waals surface area contributed by atoms with E-state index < -0.39 is 16.7 Å². The van der Waals surface area contributed by atoms with Gasteiger partial charge in [-0.3, -0.25) is 30.6 Å². The molecule has 2 aromatic rings. The van der Waals surface area contributed by atoms with Gasteiger partial charge in [-0.05, 0) is 24.6 Å². The smallest absolute Gasteiger partial charge is 0.276 e. The van der Waals surface area contributed by atoms with Crippen LogP contribution in [0.25, 0.3) is 0 Å². The van der Waals surface area contributed by atoms with Gasteiger partial charge < -0.3 is 4.74 Å². The van der Waals surface area contributed by atoms with E-state index in [0.717, 1.165) is 11.6 Å². The van der Waals surface area contributed by atoms with E-state index in [1.807, 2.05) is 19.1 Å². The van der Waals surface area contributed by atoms with Gasteiger partial charge >= 0.3 is 0 Å². The van der Waals surface area contributed by atoms with Crippen LogP contribution in [0.15, 0.2) is 48.5 Å². The first-order valence-corrected chi connectivity index (χ1v) is 6.99. The third-order valence-corrected chi connectivity index (χ3v) is 3.09. The van der Waals surface area contributed by atoms with Crippen LogP contribution < -0.4 is 15.6 Å². The molecule has 0 aliphatic rings. The van der Waals surface area contributed by atoms with Gasteiger partial charge in [0, 0.05) is 17.7 Å². The first-order chi connectivity index (χ1) is 11.5. The summed E-state index contributed by atoms with van der Waals surface area (Å²) in [7, 11) is 0. The lowest BCUT2D eigenvalue weighted by atomic mass is 10.2. The number of hydrogen-bond acceptors (Lipinski definition) is 5. The van der Waals surface area contributed by atoms with E-state index in [2.05, 4.69) is 10.9 Å². The molecule has 0 heterocycles. The molecule has 124 valence electrons. The molecule has 2 aromatic carbocycles. The Morgan fingerprint density at radius 1 is 1.12 bits per heavy atom. The van der Waals surface area contributed by atoms with Crippen molar-refractivity contribution in [2.24, 2.45) is 0 Å². The summed E-state index contributed by atoms with van der Waals surface area (Å²) >= 11 is 0. The maximum Gasteiger partial charge on any atom is 0.276 e. The number of non-ortho nitro benzene ring substituents is 1. The molecule has 2 N–H and O–H groups in total. The summed E-state index contributed by atoms with van der Waals surface area (Å²) in [6.45, 7) is 1.57. The van der Waals surface area contributed by atoms with Gasteiger partial charge in [-0.2, -0.15) is 0 Å². The molecule has 0 saturated carbocycles. The van der Waals surface area contributed by atoms with Crippen LogP contribution in [0.4, 0.5) is 5.69 Å². The van der Waals surface area contributed by atoms with E-state index in [1.165, 1.54) is 18.2 Å². The molecule has 0 spiro atoms. The van der Waals surface area contributed by atoms with Crippen molar-refractivity contribution >= 4 is 17.5 Å². The number of nitrogens with one attached hydrogen (secondary N) is 2. The number of nitrogens with zero attached hydrogens (tertiary/aromatic N) is 1. The number of para-hydroxylation sites is 1. The van der Waals surface area contributed by atoms with E-state index in [9.17, 15) is 19.7 Å². The molecule has 0 fully saturated rings. The third-order valence-electron chi connectivity index (χ3n) is 3.09. The number of hydrogen-bond donors (Lipinski definition) is 2. The monoisotopic (exact) mass is 329 g/mol. The van der Waals surface area contributed by atoms with Crippen molar-refractivity contribution in [2.45, 2.75) is 6.92 Å². The van der Waals surface area contributed by atoms with E-state index in [1.54, 1.807) is 12.1 Å². The molecular weight excluding hydrogens is 314 g/mol. The van der Waals surface area contributed by atoms with Crippen LogP contribution in [0, 0.1) is 17.0 Å². The minimum absolute atomic E-state index is 0.0596. The predicted molar refractivity (Wildman–Crippen MR) is 85.4 cm³/mol. The normalized spacial score (nSPS) is 9.88. The first-order valence-electron chi connectivity index (χ1n) is 6.99. The fraction of sp³-hybridized carbons (Fsp3) is 0.125. The highest BCUT2D eigenvalue weighted by Crippen LogP contribution is 2.15. The second kappa shape index (κ2) is 7.73. The summed E-state index contributed by atoms with van der Waals surface area (Å²) in [6.07, 6.45) is 0. The fourth-order valence-corrected chi connectivity index (χ4v) is 1.86. The summed E-state index contributed by atoms with van der Waals surface area (Å²) < 4.78 is 5.33. The van der Waals surface area contributed by atoms with Crippen LogP contribution in [-0.2, 0) is 4.79 Å². The Kier molecular flexibility index (Phi) is 5.45. The topological polar surface area (TPSA) is 111 Å². The number of hydrazine groups is 1. The van der Waals surface area contributed by atoms with Crippen molar-refractivity contribution in [3.05, 3.63) is 69.8 Å². The summed E-state index contributed by atoms with van der Waals surface area (Å²) in [4.78, 5) is 33.6. The average molecular weight is 329 g/mol. The number of benzene rings is 2. The van der Waals surface area contributed by atoms with Crippen LogP contribution in [-0.4, -0.2) is 23.3 Å². The van der Waals surface area contributed by atoms with Crippen LogP contribution in [0.2, 0.25) is 0 Å². The maximum absolute atomic E-state index is 11.9. The zero-order valence-electron chi connectivity index (χ0n) is 12.8. The van der Waals surface area contributed by atoms with Gasteiger partial charge in [-0.1, -0.05) is 24.3 Å². The van der Waals surface area contributed by atoms with Gasteiger partial charge in [0.15, 0.2) is 6.61 Å². The van der Waals surface area contributed by atoms with Crippen molar-refractivity contribution in [3.63, 3.8) is 0 Å². The van der Waals surface area contributed by atoms with Crippen molar-refractivity contribution in [2.75, 3.05) is 6.61 Å². The highest BCUT2D eigenvalue weighted by molar-refractivity contribution is 5.96. The molecular formula is C16H15N3O5. The second-order valence-electron chi connectivity index (χ2n) is 4.86. The Bertz CT molecular complexity index is 776. The Balaban J connectivity index is 1.85. The molecule has 0 unspecified atom stereocenters. The van der Waals surface area contributed by atoms with Crippen molar-refractivity contribution in [3.8, 4) is 5.75 Å². The van der Waals surface area contributed by atoms with Crippen LogP contribution in [0.3, 0.4) is 0 Å². The molecule has 0 aliphatic heterocycles. The molecule has 0 aliphatic carbocycles. The quantitative estimate of drug-likeness (QED) is 0.641. The van der Waals surface area contributed by atoms with Gasteiger partial charge in [0.1, 0.15) is 5.75 Å². The molecule has 0 bridgehead atoms. The van der Waals surface area contributed by atoms with Crippen LogP contribution >= 0.6 is 0 Å². The molecule has 0 aromatic heterocycles. The minimum Gasteiger partial charge on any atom is -0.483 e. The number of rotatable bonds is 5. The zero-order chi connectivity index (χ0) is 17.5. The number of aryl methyl sites for hydroxylation is 1. The molecule has 2 amide bonds. The molecule has 8 nitrogen and oxygen atoms in total. The standard InChI is InChI=1S/C16H15N3O5/c1-11-5-2-3-8-14(11)24-10-15(20)17-18-16(21)12-6-4-7-13(9-12)19(22)23/h2-9H,10H2,1H3,(H,17,20)(H,18,21). The highest BCUT2D eigenvalue weighted by Gasteiger charge is 2.12. The Labute approximate surface area is 137 Å². The van der Waals surface area contributed by atoms with Crippen molar-refractivity contribution < 1.29 is 19.2 Å². The fourth-order valence-electron chi connectivity index (χ4n) is 1.86. The number of nitro benzene ring substituents is 1.